The van der Waals surface area contributed by atoms with Gasteiger partial charge in [0.2, 0.25) is 5.88 Å². The van der Waals surface area contributed by atoms with Gasteiger partial charge in [-0.15, -0.1) is 0 Å². The van der Waals surface area contributed by atoms with Crippen LogP contribution in [0.5, 0.6) is 5.88 Å². The molecule has 0 bridgehead atoms. The predicted octanol–water partition coefficient (Wildman–Crippen LogP) is 3.26. The average Bonchev–Trinajstić information content (AvgIpc) is 2.64. The van der Waals surface area contributed by atoms with Gasteiger partial charge in [-0.2, -0.15) is 0 Å². The Balaban J connectivity index is 2.04. The highest BCUT2D eigenvalue weighted by Gasteiger charge is 2.21. The van der Waals surface area contributed by atoms with Crippen molar-refractivity contribution >= 4 is 5.96 Å². The van der Waals surface area contributed by atoms with Crippen LogP contribution in [-0.4, -0.2) is 31.1 Å². The third-order valence-corrected chi connectivity index (χ3v) is 4.04. The number of guanidine groups is 1. The van der Waals surface area contributed by atoms with Crippen LogP contribution in [0.2, 0.25) is 0 Å². The van der Waals surface area contributed by atoms with Crippen molar-refractivity contribution in [2.45, 2.75) is 32.7 Å². The molecular formula is C20H27FN4O. The molecule has 6 heteroatoms. The molecule has 2 aromatic rings. The highest BCUT2D eigenvalue weighted by molar-refractivity contribution is 5.79. The van der Waals surface area contributed by atoms with Gasteiger partial charge in [-0.25, -0.2) is 14.4 Å². The lowest BCUT2D eigenvalue weighted by atomic mass is 9.84. The zero-order valence-corrected chi connectivity index (χ0v) is 15.8. The second-order valence-corrected chi connectivity index (χ2v) is 6.61. The Morgan fingerprint density at radius 2 is 1.96 bits per heavy atom. The summed E-state index contributed by atoms with van der Waals surface area (Å²) in [7, 11) is 1.59. The average molecular weight is 358 g/mol. The second kappa shape index (κ2) is 9.17. The minimum absolute atomic E-state index is 0.222. The van der Waals surface area contributed by atoms with Crippen LogP contribution in [0.15, 0.2) is 47.5 Å². The zero-order chi connectivity index (χ0) is 19.0. The summed E-state index contributed by atoms with van der Waals surface area (Å²) in [6, 6.07) is 12.3. The van der Waals surface area contributed by atoms with Gasteiger partial charge in [-0.05, 0) is 30.7 Å². The number of hydrogen-bond acceptors (Lipinski definition) is 3. The summed E-state index contributed by atoms with van der Waals surface area (Å²) in [5.74, 6) is 1.05. The number of aliphatic imine (C=N–C) groups is 1. The van der Waals surface area contributed by atoms with Gasteiger partial charge in [0.15, 0.2) is 5.96 Å². The van der Waals surface area contributed by atoms with Crippen LogP contribution >= 0.6 is 0 Å². The third-order valence-electron chi connectivity index (χ3n) is 4.04. The van der Waals surface area contributed by atoms with Crippen molar-refractivity contribution in [1.29, 1.82) is 0 Å². The van der Waals surface area contributed by atoms with E-state index in [1.54, 1.807) is 25.3 Å². The molecule has 1 aromatic carbocycles. The van der Waals surface area contributed by atoms with E-state index < -0.39 is 0 Å². The molecule has 0 atom stereocenters. The summed E-state index contributed by atoms with van der Waals surface area (Å²) < 4.78 is 18.7. The predicted molar refractivity (Wildman–Crippen MR) is 103 cm³/mol. The van der Waals surface area contributed by atoms with Crippen LogP contribution in [0.1, 0.15) is 32.0 Å². The molecular weight excluding hydrogens is 331 g/mol. The number of rotatable bonds is 7. The molecule has 5 nitrogen and oxygen atoms in total. The van der Waals surface area contributed by atoms with E-state index in [-0.39, 0.29) is 11.2 Å². The molecule has 0 saturated heterocycles. The van der Waals surface area contributed by atoms with Crippen LogP contribution in [0.4, 0.5) is 4.39 Å². The van der Waals surface area contributed by atoms with Gasteiger partial charge < -0.3 is 15.4 Å². The van der Waals surface area contributed by atoms with Crippen molar-refractivity contribution in [1.82, 2.24) is 15.6 Å². The van der Waals surface area contributed by atoms with Crippen molar-refractivity contribution < 1.29 is 9.13 Å². The second-order valence-electron chi connectivity index (χ2n) is 6.61. The number of aromatic nitrogens is 1. The summed E-state index contributed by atoms with van der Waals surface area (Å²) in [4.78, 5) is 8.94. The molecule has 0 aliphatic carbocycles. The lowest BCUT2D eigenvalue weighted by molar-refractivity contribution is 0.396. The van der Waals surface area contributed by atoms with E-state index in [4.69, 9.17) is 4.74 Å². The molecule has 140 valence electrons. The Bertz CT molecular complexity index is 746. The molecule has 0 aliphatic heterocycles. The van der Waals surface area contributed by atoms with E-state index in [1.807, 2.05) is 25.1 Å². The van der Waals surface area contributed by atoms with E-state index in [0.717, 1.165) is 17.8 Å². The molecule has 0 spiro atoms. The number of methoxy groups -OCH3 is 1. The maximum absolute atomic E-state index is 13.5. The normalized spacial score (nSPS) is 12.0. The number of nitrogens with one attached hydrogen (secondary N) is 2. The molecule has 1 heterocycles. The molecule has 0 saturated carbocycles. The van der Waals surface area contributed by atoms with Gasteiger partial charge in [0.25, 0.3) is 0 Å². The molecule has 0 aliphatic rings. The van der Waals surface area contributed by atoms with Crippen LogP contribution in [-0.2, 0) is 12.0 Å². The first-order chi connectivity index (χ1) is 12.4. The highest BCUT2D eigenvalue weighted by Crippen LogP contribution is 2.22. The summed E-state index contributed by atoms with van der Waals surface area (Å²) in [5, 5.41) is 6.56. The van der Waals surface area contributed by atoms with Gasteiger partial charge >= 0.3 is 0 Å². The molecule has 26 heavy (non-hydrogen) atoms. The highest BCUT2D eigenvalue weighted by atomic mass is 19.1. The van der Waals surface area contributed by atoms with Crippen molar-refractivity contribution in [3.05, 3.63) is 59.5 Å². The maximum Gasteiger partial charge on any atom is 0.213 e. The molecule has 1 aromatic heterocycles. The number of halogens is 1. The van der Waals surface area contributed by atoms with Gasteiger partial charge in [0.1, 0.15) is 5.82 Å². The minimum Gasteiger partial charge on any atom is -0.481 e. The molecule has 0 unspecified atom stereocenters. The fourth-order valence-electron chi connectivity index (χ4n) is 2.48. The molecule has 0 fully saturated rings. The Morgan fingerprint density at radius 1 is 1.19 bits per heavy atom. The van der Waals surface area contributed by atoms with Gasteiger partial charge in [0.05, 0.1) is 19.3 Å². The smallest absolute Gasteiger partial charge is 0.213 e. The number of pyridine rings is 1. The van der Waals surface area contributed by atoms with Crippen LogP contribution < -0.4 is 15.4 Å². The standard InChI is InChI=1S/C20H27FN4O/c1-5-22-19(23-13-17-10-7-11-18(25-17)26-4)24-14-20(2,3)15-8-6-9-16(21)12-15/h6-12H,5,13-14H2,1-4H3,(H2,22,23,24). The third kappa shape index (κ3) is 5.72. The van der Waals surface area contributed by atoms with Gasteiger partial charge in [-0.1, -0.05) is 32.0 Å². The largest absolute Gasteiger partial charge is 0.481 e. The summed E-state index contributed by atoms with van der Waals surface area (Å²) in [5.41, 5.74) is 1.52. The summed E-state index contributed by atoms with van der Waals surface area (Å²) in [6.45, 7) is 7.96. The van der Waals surface area contributed by atoms with Crippen molar-refractivity contribution in [2.24, 2.45) is 4.99 Å². The molecule has 0 amide bonds. The first-order valence-corrected chi connectivity index (χ1v) is 8.73. The Kier molecular flexibility index (Phi) is 6.95. The van der Waals surface area contributed by atoms with Gasteiger partial charge in [-0.3, -0.25) is 0 Å². The summed E-state index contributed by atoms with van der Waals surface area (Å²) in [6.07, 6.45) is 0. The van der Waals surface area contributed by atoms with E-state index in [1.165, 1.54) is 6.07 Å². The van der Waals surface area contributed by atoms with Crippen molar-refractivity contribution in [3.8, 4) is 5.88 Å². The fourth-order valence-corrected chi connectivity index (χ4v) is 2.48. The number of ether oxygens (including phenoxy) is 1. The maximum atomic E-state index is 13.5. The van der Waals surface area contributed by atoms with E-state index in [9.17, 15) is 4.39 Å². The topological polar surface area (TPSA) is 58.5 Å². The van der Waals surface area contributed by atoms with Crippen LogP contribution in [0, 0.1) is 5.82 Å². The molecule has 2 rings (SSSR count). The number of hydrogen-bond donors (Lipinski definition) is 2. The lowest BCUT2D eigenvalue weighted by Gasteiger charge is -2.27. The van der Waals surface area contributed by atoms with E-state index in [0.29, 0.717) is 24.9 Å². The zero-order valence-electron chi connectivity index (χ0n) is 15.8. The number of nitrogens with zero attached hydrogens (tertiary/aromatic N) is 2. The Hall–Kier alpha value is -2.63. The summed E-state index contributed by atoms with van der Waals surface area (Å²) >= 11 is 0. The first kappa shape index (κ1) is 19.7. The lowest BCUT2D eigenvalue weighted by Crippen LogP contribution is -2.43. The number of benzene rings is 1. The minimum atomic E-state index is -0.244. The monoisotopic (exact) mass is 358 g/mol. The molecule has 0 radical (unpaired) electrons. The first-order valence-electron chi connectivity index (χ1n) is 8.73. The van der Waals surface area contributed by atoms with E-state index >= 15 is 0 Å². The van der Waals surface area contributed by atoms with Gasteiger partial charge in [0, 0.05) is 24.6 Å². The SMILES string of the molecule is CCNC(=NCc1cccc(OC)n1)NCC(C)(C)c1cccc(F)c1. The molecule has 2 N–H and O–H groups in total. The fraction of sp³-hybridized carbons (Fsp3) is 0.400. The van der Waals surface area contributed by atoms with Crippen molar-refractivity contribution in [2.75, 3.05) is 20.2 Å². The Morgan fingerprint density at radius 3 is 2.65 bits per heavy atom. The van der Waals surface area contributed by atoms with E-state index in [2.05, 4.69) is 34.5 Å². The van der Waals surface area contributed by atoms with Crippen molar-refractivity contribution in [3.63, 3.8) is 0 Å². The van der Waals surface area contributed by atoms with Crippen LogP contribution in [0.25, 0.3) is 0 Å². The van der Waals surface area contributed by atoms with Crippen LogP contribution in [0.3, 0.4) is 0 Å². The Labute approximate surface area is 154 Å². The quantitative estimate of drug-likeness (QED) is 0.589.